The van der Waals surface area contributed by atoms with Gasteiger partial charge in [-0.15, -0.1) is 0 Å². The molecule has 0 bridgehead atoms. The molecule has 0 unspecified atom stereocenters. The van der Waals surface area contributed by atoms with Crippen LogP contribution in [-0.2, 0) is 25.6 Å². The number of likely N-dealkylation sites (N-methyl/N-ethyl adjacent to an activating group) is 1. The first-order valence-corrected chi connectivity index (χ1v) is 10.4. The van der Waals surface area contributed by atoms with E-state index in [2.05, 4.69) is 21.3 Å². The molecule has 4 amide bonds. The maximum atomic E-state index is 12.8. The van der Waals surface area contributed by atoms with E-state index < -0.39 is 36.0 Å². The summed E-state index contributed by atoms with van der Waals surface area (Å²) in [4.78, 5) is 48.2. The third-order valence-electron chi connectivity index (χ3n) is 4.81. The normalized spacial score (nSPS) is 14.7. The van der Waals surface area contributed by atoms with Gasteiger partial charge in [0.25, 0.3) is 0 Å². The van der Waals surface area contributed by atoms with Crippen molar-refractivity contribution >= 4 is 23.6 Å². The summed E-state index contributed by atoms with van der Waals surface area (Å²) in [6, 6.07) is 6.94. The number of rotatable bonds is 11. The molecule has 4 atom stereocenters. The number of nitrogens with one attached hydrogen (secondary N) is 4. The topological polar surface area (TPSA) is 137 Å². The Bertz CT molecular complexity index is 754. The van der Waals surface area contributed by atoms with E-state index in [0.29, 0.717) is 0 Å². The number of benzene rings is 1. The highest BCUT2D eigenvalue weighted by Crippen LogP contribution is 2.11. The number of carbonyl (C=O) groups is 4. The molecule has 0 fully saturated rings. The zero-order chi connectivity index (χ0) is 23.6. The molecule has 0 radical (unpaired) electrons. The minimum Gasteiger partial charge on any atom is -0.390 e. The largest absolute Gasteiger partial charge is 0.390 e. The predicted molar refractivity (Wildman–Crippen MR) is 117 cm³/mol. The first-order chi connectivity index (χ1) is 14.5. The van der Waals surface area contributed by atoms with Crippen molar-refractivity contribution < 1.29 is 24.3 Å². The Morgan fingerprint density at radius 3 is 2.06 bits per heavy atom. The number of aliphatic hydroxyl groups excluding tert-OH is 1. The molecule has 5 N–H and O–H groups in total. The highest BCUT2D eigenvalue weighted by molar-refractivity contribution is 5.88. The first-order valence-electron chi connectivity index (χ1n) is 10.4. The van der Waals surface area contributed by atoms with Crippen LogP contribution in [0.5, 0.6) is 0 Å². The quantitative estimate of drug-likeness (QED) is 0.331. The van der Waals surface area contributed by atoms with E-state index in [1.807, 2.05) is 30.3 Å². The lowest BCUT2D eigenvalue weighted by Gasteiger charge is -2.28. The van der Waals surface area contributed by atoms with Crippen molar-refractivity contribution in [2.45, 2.75) is 64.8 Å². The van der Waals surface area contributed by atoms with E-state index in [1.54, 1.807) is 13.8 Å². The van der Waals surface area contributed by atoms with Gasteiger partial charge in [0.1, 0.15) is 12.1 Å². The Morgan fingerprint density at radius 2 is 1.55 bits per heavy atom. The average Bonchev–Trinajstić information content (AvgIpc) is 2.70. The zero-order valence-electron chi connectivity index (χ0n) is 18.8. The molecular formula is C22H34N4O5. The Labute approximate surface area is 183 Å². The van der Waals surface area contributed by atoms with Gasteiger partial charge >= 0.3 is 0 Å². The monoisotopic (exact) mass is 434 g/mol. The summed E-state index contributed by atoms with van der Waals surface area (Å²) in [6.45, 7) is 6.47. The van der Waals surface area contributed by atoms with Crippen molar-refractivity contribution in [3.63, 3.8) is 0 Å². The first kappa shape index (κ1) is 26.1. The minimum absolute atomic E-state index is 0.171. The number of carbonyl (C=O) groups excluding carboxylic acids is 4. The van der Waals surface area contributed by atoms with Crippen LogP contribution in [0.2, 0.25) is 0 Å². The highest BCUT2D eigenvalue weighted by Gasteiger charge is 2.30. The molecule has 0 aliphatic heterocycles. The molecule has 9 nitrogen and oxygen atoms in total. The summed E-state index contributed by atoms with van der Waals surface area (Å²) < 4.78 is 0. The van der Waals surface area contributed by atoms with Gasteiger partial charge in [0.05, 0.1) is 18.6 Å². The summed E-state index contributed by atoms with van der Waals surface area (Å²) in [5, 5.41) is 21.1. The second-order valence-corrected chi connectivity index (χ2v) is 7.90. The van der Waals surface area contributed by atoms with Crippen molar-refractivity contribution in [3.8, 4) is 0 Å². The third-order valence-corrected chi connectivity index (χ3v) is 4.81. The Hall–Kier alpha value is -2.94. The van der Waals surface area contributed by atoms with Gasteiger partial charge in [0.2, 0.25) is 23.6 Å². The van der Waals surface area contributed by atoms with Crippen LogP contribution in [0.25, 0.3) is 0 Å². The van der Waals surface area contributed by atoms with E-state index >= 15 is 0 Å². The van der Waals surface area contributed by atoms with Crippen LogP contribution in [0.1, 0.15) is 39.7 Å². The second-order valence-electron chi connectivity index (χ2n) is 7.90. The predicted octanol–water partition coefficient (Wildman–Crippen LogP) is -0.124. The number of amides is 4. The summed E-state index contributed by atoms with van der Waals surface area (Å²) in [5.74, 6) is -1.82. The molecule has 0 saturated carbocycles. The fourth-order valence-electron chi connectivity index (χ4n) is 3.09. The van der Waals surface area contributed by atoms with Crippen molar-refractivity contribution in [2.24, 2.45) is 5.92 Å². The van der Waals surface area contributed by atoms with Gasteiger partial charge in [-0.25, -0.2) is 0 Å². The minimum atomic E-state index is -1.20. The average molecular weight is 435 g/mol. The van der Waals surface area contributed by atoms with Crippen molar-refractivity contribution in [2.75, 3.05) is 7.05 Å². The van der Waals surface area contributed by atoms with Crippen LogP contribution in [0, 0.1) is 5.92 Å². The molecule has 0 saturated heterocycles. The fourth-order valence-corrected chi connectivity index (χ4v) is 3.09. The van der Waals surface area contributed by atoms with Crippen LogP contribution in [0.3, 0.4) is 0 Å². The van der Waals surface area contributed by atoms with Crippen LogP contribution < -0.4 is 21.3 Å². The maximum absolute atomic E-state index is 12.8. The summed E-state index contributed by atoms with van der Waals surface area (Å²) in [5.41, 5.74) is 0.867. The van der Waals surface area contributed by atoms with Gasteiger partial charge in [-0.2, -0.15) is 0 Å². The Kier molecular flexibility index (Phi) is 10.7. The SMILES string of the molecule is CNC(=O)[C@H](C)NC(=O)C[C@H](O)[C@H](Cc1ccccc1)NC(=O)[C@@H](NC(C)=O)C(C)C. The lowest BCUT2D eigenvalue weighted by molar-refractivity contribution is -0.131. The number of hydrogen-bond donors (Lipinski definition) is 5. The molecule has 0 heterocycles. The van der Waals surface area contributed by atoms with Crippen molar-refractivity contribution in [1.82, 2.24) is 21.3 Å². The number of aliphatic hydroxyl groups is 1. The van der Waals surface area contributed by atoms with Gasteiger partial charge in [0, 0.05) is 14.0 Å². The lowest BCUT2D eigenvalue weighted by Crippen LogP contribution is -2.55. The maximum Gasteiger partial charge on any atom is 0.243 e. The molecule has 1 aromatic carbocycles. The molecule has 1 rings (SSSR count). The van der Waals surface area contributed by atoms with E-state index in [1.165, 1.54) is 20.9 Å². The molecule has 9 heteroatoms. The van der Waals surface area contributed by atoms with Crippen LogP contribution in [0.4, 0.5) is 0 Å². The van der Waals surface area contributed by atoms with E-state index in [0.717, 1.165) is 5.56 Å². The molecule has 0 aromatic heterocycles. The van der Waals surface area contributed by atoms with Crippen molar-refractivity contribution in [3.05, 3.63) is 35.9 Å². The molecule has 0 spiro atoms. The highest BCUT2D eigenvalue weighted by atomic mass is 16.3. The van der Waals surface area contributed by atoms with Gasteiger partial charge in [-0.05, 0) is 24.8 Å². The molecule has 0 aliphatic carbocycles. The third kappa shape index (κ3) is 9.17. The van der Waals surface area contributed by atoms with Gasteiger partial charge in [0.15, 0.2) is 0 Å². The fraction of sp³-hybridized carbons (Fsp3) is 0.545. The van der Waals surface area contributed by atoms with Crippen LogP contribution in [-0.4, -0.2) is 60.0 Å². The van der Waals surface area contributed by atoms with Crippen LogP contribution >= 0.6 is 0 Å². The van der Waals surface area contributed by atoms with Crippen molar-refractivity contribution in [1.29, 1.82) is 0 Å². The van der Waals surface area contributed by atoms with Gasteiger partial charge in [-0.3, -0.25) is 19.2 Å². The van der Waals surface area contributed by atoms with Gasteiger partial charge < -0.3 is 26.4 Å². The number of hydrogen-bond acceptors (Lipinski definition) is 5. The molecule has 172 valence electrons. The Balaban J connectivity index is 2.94. The lowest BCUT2D eigenvalue weighted by atomic mass is 9.97. The summed E-state index contributed by atoms with van der Waals surface area (Å²) in [6.07, 6.45) is -1.21. The van der Waals surface area contributed by atoms with E-state index in [-0.39, 0.29) is 30.6 Å². The molecule has 0 aliphatic rings. The zero-order valence-corrected chi connectivity index (χ0v) is 18.8. The standard InChI is InChI=1S/C22H34N4O5/c1-13(2)20(25-15(4)27)22(31)26-17(11-16-9-7-6-8-10-16)18(28)12-19(29)24-14(3)21(30)23-5/h6-10,13-14,17-18,20,28H,11-12H2,1-5H3,(H,23,30)(H,24,29)(H,25,27)(H,26,31)/t14-,17-,18-,20-/m0/s1. The molecule has 1 aromatic rings. The molecule has 31 heavy (non-hydrogen) atoms. The van der Waals surface area contributed by atoms with Crippen LogP contribution in [0.15, 0.2) is 30.3 Å². The Morgan fingerprint density at radius 1 is 0.935 bits per heavy atom. The van der Waals surface area contributed by atoms with E-state index in [4.69, 9.17) is 0 Å². The smallest absolute Gasteiger partial charge is 0.243 e. The second kappa shape index (κ2) is 12.7. The summed E-state index contributed by atoms with van der Waals surface area (Å²) in [7, 11) is 1.46. The molecular weight excluding hydrogens is 400 g/mol. The van der Waals surface area contributed by atoms with Gasteiger partial charge in [-0.1, -0.05) is 44.2 Å². The summed E-state index contributed by atoms with van der Waals surface area (Å²) >= 11 is 0. The van der Waals surface area contributed by atoms with E-state index in [9.17, 15) is 24.3 Å².